The van der Waals surface area contributed by atoms with Gasteiger partial charge in [-0.25, -0.2) is 13.6 Å². The first-order chi connectivity index (χ1) is 15.1. The fourth-order valence-electron chi connectivity index (χ4n) is 3.74. The first-order valence-corrected chi connectivity index (χ1v) is 11.2. The maximum absolute atomic E-state index is 14.9. The van der Waals surface area contributed by atoms with Crippen molar-refractivity contribution in [2.24, 2.45) is 0 Å². The molecule has 3 rings (SSSR count). The summed E-state index contributed by atoms with van der Waals surface area (Å²) in [6.45, 7) is 13.3. The molecule has 1 aromatic rings. The molecule has 2 saturated heterocycles. The highest BCUT2D eigenvalue weighted by Gasteiger charge is 2.52. The Labute approximate surface area is 194 Å². The number of hydrogen-bond acceptors (Lipinski definition) is 5. The second kappa shape index (κ2) is 8.87. The van der Waals surface area contributed by atoms with Gasteiger partial charge in [0.05, 0.1) is 16.8 Å². The number of nitrogens with zero attached hydrogens (tertiary/aromatic N) is 1. The Kier molecular flexibility index (Phi) is 6.83. The number of carbonyl (C=O) groups is 2. The molecule has 0 saturated carbocycles. The van der Waals surface area contributed by atoms with E-state index in [4.69, 9.17) is 14.0 Å². The van der Waals surface area contributed by atoms with Gasteiger partial charge in [0.15, 0.2) is 0 Å². The van der Waals surface area contributed by atoms with Crippen LogP contribution in [-0.2, 0) is 14.0 Å². The van der Waals surface area contributed by atoms with Gasteiger partial charge < -0.3 is 24.3 Å². The summed E-state index contributed by atoms with van der Waals surface area (Å²) in [5, 5.41) is 2.71. The highest BCUT2D eigenvalue weighted by atomic mass is 19.1. The zero-order chi connectivity index (χ0) is 24.8. The lowest BCUT2D eigenvalue weighted by molar-refractivity contribution is 0.00578. The van der Waals surface area contributed by atoms with E-state index in [9.17, 15) is 18.4 Å². The average molecular weight is 466 g/mol. The third-order valence-electron chi connectivity index (χ3n) is 6.25. The fraction of sp³-hybridized carbons (Fsp3) is 0.652. The lowest BCUT2D eigenvalue weighted by Crippen LogP contribution is -2.50. The van der Waals surface area contributed by atoms with E-state index in [2.05, 4.69) is 5.32 Å². The summed E-state index contributed by atoms with van der Waals surface area (Å²) in [6, 6.07) is 1.41. The van der Waals surface area contributed by atoms with Crippen LogP contribution in [0.1, 0.15) is 71.7 Å². The largest absolute Gasteiger partial charge is 0.497 e. The third-order valence-corrected chi connectivity index (χ3v) is 6.25. The lowest BCUT2D eigenvalue weighted by atomic mass is 9.78. The Balaban J connectivity index is 1.70. The van der Waals surface area contributed by atoms with Crippen LogP contribution in [0.2, 0.25) is 0 Å². The van der Waals surface area contributed by atoms with Gasteiger partial charge in [-0.1, -0.05) is 0 Å². The van der Waals surface area contributed by atoms with Crippen molar-refractivity contribution in [2.75, 3.05) is 13.1 Å². The molecule has 2 amide bonds. The first-order valence-electron chi connectivity index (χ1n) is 11.2. The molecule has 2 aliphatic rings. The highest BCUT2D eigenvalue weighted by molar-refractivity contribution is 6.62. The molecule has 2 heterocycles. The Bertz CT molecular complexity index is 916. The Morgan fingerprint density at radius 2 is 1.73 bits per heavy atom. The van der Waals surface area contributed by atoms with Crippen molar-refractivity contribution in [3.05, 3.63) is 29.3 Å². The zero-order valence-corrected chi connectivity index (χ0v) is 20.4. The maximum atomic E-state index is 14.9. The molecule has 0 radical (unpaired) electrons. The molecule has 1 atom stereocenters. The highest BCUT2D eigenvalue weighted by Crippen LogP contribution is 2.36. The van der Waals surface area contributed by atoms with Gasteiger partial charge in [-0.2, -0.15) is 0 Å². The van der Waals surface area contributed by atoms with E-state index in [-0.39, 0.29) is 12.0 Å². The number of likely N-dealkylation sites (tertiary alicyclic amines) is 1. The van der Waals surface area contributed by atoms with Crippen molar-refractivity contribution in [2.45, 2.75) is 84.2 Å². The zero-order valence-electron chi connectivity index (χ0n) is 20.4. The molecule has 0 bridgehead atoms. The molecule has 2 aliphatic heterocycles. The standard InChI is InChI=1S/C23H33BF2N2O5/c1-21(2,3)31-20(30)28-10-8-9-14(13-28)27-19(29)15-11-18(26)16(12-17(15)25)24-32-22(4,5)23(6,7)33-24/h11-12,14H,8-10,13H2,1-7H3,(H,27,29)/t14-/m1/s1. The number of benzene rings is 1. The van der Waals surface area contributed by atoms with Crippen molar-refractivity contribution in [3.63, 3.8) is 0 Å². The Morgan fingerprint density at radius 3 is 2.30 bits per heavy atom. The molecular formula is C23H33BF2N2O5. The summed E-state index contributed by atoms with van der Waals surface area (Å²) >= 11 is 0. The number of hydrogen-bond donors (Lipinski definition) is 1. The van der Waals surface area contributed by atoms with Gasteiger partial charge in [-0.3, -0.25) is 4.79 Å². The van der Waals surface area contributed by atoms with Gasteiger partial charge in [0.1, 0.15) is 17.2 Å². The number of carbonyl (C=O) groups excluding carboxylic acids is 2. The van der Waals surface area contributed by atoms with Gasteiger partial charge in [-0.15, -0.1) is 0 Å². The van der Waals surface area contributed by atoms with Crippen LogP contribution in [0, 0.1) is 11.6 Å². The quantitative estimate of drug-likeness (QED) is 0.692. The summed E-state index contributed by atoms with van der Waals surface area (Å²) in [4.78, 5) is 26.6. The summed E-state index contributed by atoms with van der Waals surface area (Å²) in [6.07, 6.45) is 0.800. The molecule has 1 N–H and O–H groups in total. The number of piperidine rings is 1. The third kappa shape index (κ3) is 5.66. The second-order valence-electron chi connectivity index (χ2n) is 10.7. The summed E-state index contributed by atoms with van der Waals surface area (Å²) in [5.74, 6) is -2.42. The van der Waals surface area contributed by atoms with Gasteiger partial charge in [0.25, 0.3) is 5.91 Å². The van der Waals surface area contributed by atoms with E-state index in [0.717, 1.165) is 12.1 Å². The molecule has 0 aliphatic carbocycles. The van der Waals surface area contributed by atoms with E-state index < -0.39 is 59.2 Å². The summed E-state index contributed by atoms with van der Waals surface area (Å²) in [5.41, 5.74) is -2.57. The molecule has 182 valence electrons. The average Bonchev–Trinajstić information content (AvgIpc) is 2.89. The number of ether oxygens (including phenoxy) is 1. The SMILES string of the molecule is CC(C)(C)OC(=O)N1CCC[C@@H](NC(=O)c2cc(F)c(B3OC(C)(C)C(C)(C)O3)cc2F)C1. The van der Waals surface area contributed by atoms with E-state index in [1.807, 2.05) is 27.7 Å². The van der Waals surface area contributed by atoms with Crippen LogP contribution >= 0.6 is 0 Å². The lowest BCUT2D eigenvalue weighted by Gasteiger charge is -2.34. The van der Waals surface area contributed by atoms with Crippen LogP contribution in [0.25, 0.3) is 0 Å². The van der Waals surface area contributed by atoms with Crippen molar-refractivity contribution in [3.8, 4) is 0 Å². The number of rotatable bonds is 3. The predicted molar refractivity (Wildman–Crippen MR) is 120 cm³/mol. The molecule has 10 heteroatoms. The van der Waals surface area contributed by atoms with E-state index in [1.54, 1.807) is 20.8 Å². The molecule has 2 fully saturated rings. The number of nitrogens with one attached hydrogen (secondary N) is 1. The van der Waals surface area contributed by atoms with Crippen LogP contribution in [0.5, 0.6) is 0 Å². The summed E-state index contributed by atoms with van der Waals surface area (Å²) in [7, 11) is -1.08. The Hall–Kier alpha value is -2.20. The van der Waals surface area contributed by atoms with Crippen LogP contribution in [-0.4, -0.2) is 60.0 Å². The minimum Gasteiger partial charge on any atom is -0.444 e. The monoisotopic (exact) mass is 466 g/mol. The van der Waals surface area contributed by atoms with Crippen LogP contribution in [0.4, 0.5) is 13.6 Å². The Morgan fingerprint density at radius 1 is 1.12 bits per heavy atom. The molecule has 7 nitrogen and oxygen atoms in total. The molecule has 1 aromatic carbocycles. The fourth-order valence-corrected chi connectivity index (χ4v) is 3.74. The molecular weight excluding hydrogens is 433 g/mol. The van der Waals surface area contributed by atoms with Crippen molar-refractivity contribution < 1.29 is 32.4 Å². The minimum absolute atomic E-state index is 0.100. The van der Waals surface area contributed by atoms with E-state index >= 15 is 0 Å². The number of amides is 2. The summed E-state index contributed by atoms with van der Waals surface area (Å²) < 4.78 is 46.7. The van der Waals surface area contributed by atoms with Crippen LogP contribution in [0.3, 0.4) is 0 Å². The van der Waals surface area contributed by atoms with Crippen LogP contribution in [0.15, 0.2) is 12.1 Å². The predicted octanol–water partition coefficient (Wildman–Crippen LogP) is 3.39. The van der Waals surface area contributed by atoms with Gasteiger partial charge in [0.2, 0.25) is 0 Å². The van der Waals surface area contributed by atoms with Gasteiger partial charge in [-0.05, 0) is 73.4 Å². The molecule has 0 unspecified atom stereocenters. The minimum atomic E-state index is -1.08. The first kappa shape index (κ1) is 25.4. The molecule has 33 heavy (non-hydrogen) atoms. The topological polar surface area (TPSA) is 77.1 Å². The molecule has 0 aromatic heterocycles. The normalized spacial score (nSPS) is 22.3. The van der Waals surface area contributed by atoms with E-state index in [1.165, 1.54) is 4.90 Å². The van der Waals surface area contributed by atoms with Crippen molar-refractivity contribution in [1.82, 2.24) is 10.2 Å². The van der Waals surface area contributed by atoms with Crippen molar-refractivity contribution >= 4 is 24.6 Å². The van der Waals surface area contributed by atoms with Gasteiger partial charge >= 0.3 is 13.2 Å². The van der Waals surface area contributed by atoms with Crippen LogP contribution < -0.4 is 10.8 Å². The van der Waals surface area contributed by atoms with E-state index in [0.29, 0.717) is 19.4 Å². The van der Waals surface area contributed by atoms with Crippen molar-refractivity contribution in [1.29, 1.82) is 0 Å². The van der Waals surface area contributed by atoms with Gasteiger partial charge in [0, 0.05) is 24.6 Å². The second-order valence-corrected chi connectivity index (χ2v) is 10.7. The smallest absolute Gasteiger partial charge is 0.444 e. The number of halogens is 2. The maximum Gasteiger partial charge on any atom is 0.497 e. The molecule has 0 spiro atoms.